The predicted octanol–water partition coefficient (Wildman–Crippen LogP) is 0.927. The smallest absolute Gasteiger partial charge is 0.385 e. The van der Waals surface area contributed by atoms with Gasteiger partial charge in [-0.3, -0.25) is 4.79 Å². The summed E-state index contributed by atoms with van der Waals surface area (Å²) in [4.78, 5) is 21.5. The first-order valence-electron chi connectivity index (χ1n) is 3.25. The zero-order valence-corrected chi connectivity index (χ0v) is 5.83. The second kappa shape index (κ2) is 2.14. The Labute approximate surface area is 66.8 Å². The van der Waals surface area contributed by atoms with Crippen molar-refractivity contribution in [1.82, 2.24) is 0 Å². The largest absolute Gasteiger partial charge is 0.420 e. The molecular weight excluding hydrogens is 163 g/mol. The van der Waals surface area contributed by atoms with Crippen molar-refractivity contribution in [3.8, 4) is 5.75 Å². The quantitative estimate of drug-likeness (QED) is 0.327. The molecule has 0 N–H and O–H groups in total. The van der Waals surface area contributed by atoms with Crippen LogP contribution in [0.2, 0.25) is 0 Å². The van der Waals surface area contributed by atoms with Gasteiger partial charge in [0.15, 0.2) is 0 Å². The molecular formula is C8H3FO3. The minimum atomic E-state index is -1.02. The van der Waals surface area contributed by atoms with E-state index in [0.717, 1.165) is 6.07 Å². The highest BCUT2D eigenvalue weighted by molar-refractivity contribution is 6.44. The molecule has 0 saturated carbocycles. The summed E-state index contributed by atoms with van der Waals surface area (Å²) in [5, 5.41) is 0. The molecule has 3 nitrogen and oxygen atoms in total. The van der Waals surface area contributed by atoms with E-state index >= 15 is 0 Å². The highest BCUT2D eigenvalue weighted by Crippen LogP contribution is 2.27. The Kier molecular flexibility index (Phi) is 1.24. The Balaban J connectivity index is 2.70. The molecule has 0 aromatic heterocycles. The molecule has 1 aromatic carbocycles. The number of ketones is 1. The number of fused-ring (bicyclic) bond motifs is 1. The highest BCUT2D eigenvalue weighted by Gasteiger charge is 2.33. The summed E-state index contributed by atoms with van der Waals surface area (Å²) >= 11 is 0. The Hall–Kier alpha value is -1.71. The van der Waals surface area contributed by atoms with Gasteiger partial charge in [0.2, 0.25) is 0 Å². The second-order valence-corrected chi connectivity index (χ2v) is 2.33. The molecule has 0 amide bonds. The Bertz CT molecular complexity index is 384. The van der Waals surface area contributed by atoms with Gasteiger partial charge in [0, 0.05) is 0 Å². The van der Waals surface area contributed by atoms with E-state index in [1.165, 1.54) is 12.1 Å². The van der Waals surface area contributed by atoms with Crippen LogP contribution < -0.4 is 4.74 Å². The van der Waals surface area contributed by atoms with Crippen LogP contribution in [0.5, 0.6) is 5.75 Å². The van der Waals surface area contributed by atoms with Crippen LogP contribution in [0.15, 0.2) is 18.2 Å². The highest BCUT2D eigenvalue weighted by atomic mass is 19.1. The number of rotatable bonds is 0. The van der Waals surface area contributed by atoms with Gasteiger partial charge >= 0.3 is 5.97 Å². The average Bonchev–Trinajstić information content (AvgIpc) is 2.29. The lowest BCUT2D eigenvalue weighted by molar-refractivity contribution is -0.128. The maximum absolute atomic E-state index is 12.9. The first-order chi connectivity index (χ1) is 5.70. The fourth-order valence-corrected chi connectivity index (χ4v) is 1.06. The summed E-state index contributed by atoms with van der Waals surface area (Å²) in [6.45, 7) is 0. The summed E-state index contributed by atoms with van der Waals surface area (Å²) in [5.41, 5.74) is -0.262. The van der Waals surface area contributed by atoms with Crippen LogP contribution >= 0.6 is 0 Å². The molecule has 4 heteroatoms. The normalized spacial score (nSPS) is 14.4. The van der Waals surface area contributed by atoms with Gasteiger partial charge in [0.05, 0.1) is 0 Å². The molecule has 12 heavy (non-hydrogen) atoms. The SMILES string of the molecule is O=C1Oc2cccc(F)c2C1=O. The van der Waals surface area contributed by atoms with E-state index in [9.17, 15) is 14.0 Å². The molecule has 1 aliphatic heterocycles. The standard InChI is InChI=1S/C8H3FO3/c9-4-2-1-3-5-6(4)7(10)8(11)12-5/h1-3H. The molecule has 0 saturated heterocycles. The number of Topliss-reactive ketones (excluding diaryl/α,β-unsaturated/α-hetero) is 1. The van der Waals surface area contributed by atoms with E-state index in [0.29, 0.717) is 0 Å². The van der Waals surface area contributed by atoms with E-state index in [2.05, 4.69) is 4.74 Å². The third-order valence-electron chi connectivity index (χ3n) is 1.59. The molecule has 0 atom stereocenters. The van der Waals surface area contributed by atoms with Gasteiger partial charge in [-0.05, 0) is 12.1 Å². The maximum Gasteiger partial charge on any atom is 0.385 e. The minimum Gasteiger partial charge on any atom is -0.420 e. The van der Waals surface area contributed by atoms with Gasteiger partial charge < -0.3 is 4.74 Å². The Morgan fingerprint density at radius 2 is 2.00 bits per heavy atom. The van der Waals surface area contributed by atoms with E-state index in [1.54, 1.807) is 0 Å². The number of carbonyl (C=O) groups excluding carboxylic acids is 2. The summed E-state index contributed by atoms with van der Waals surface area (Å²) in [5.74, 6) is -2.65. The number of hydrogen-bond donors (Lipinski definition) is 0. The molecule has 1 aromatic rings. The summed E-state index contributed by atoms with van der Waals surface area (Å²) < 4.78 is 17.3. The molecule has 0 aliphatic carbocycles. The lowest BCUT2D eigenvalue weighted by Crippen LogP contribution is -2.11. The fourth-order valence-electron chi connectivity index (χ4n) is 1.06. The van der Waals surface area contributed by atoms with E-state index in [1.807, 2.05) is 0 Å². The first kappa shape index (κ1) is 6.97. The van der Waals surface area contributed by atoms with Crippen molar-refractivity contribution in [3.63, 3.8) is 0 Å². The van der Waals surface area contributed by atoms with Crippen LogP contribution in [0.25, 0.3) is 0 Å². The molecule has 0 unspecified atom stereocenters. The van der Waals surface area contributed by atoms with Crippen LogP contribution in [-0.2, 0) is 4.79 Å². The van der Waals surface area contributed by atoms with Crippen LogP contribution in [0.1, 0.15) is 10.4 Å². The third-order valence-corrected chi connectivity index (χ3v) is 1.59. The molecule has 0 radical (unpaired) electrons. The van der Waals surface area contributed by atoms with Crippen LogP contribution in [0.3, 0.4) is 0 Å². The second-order valence-electron chi connectivity index (χ2n) is 2.33. The van der Waals surface area contributed by atoms with Crippen LogP contribution in [0.4, 0.5) is 4.39 Å². The lowest BCUT2D eigenvalue weighted by atomic mass is 10.1. The van der Waals surface area contributed by atoms with Gasteiger partial charge in [-0.25, -0.2) is 9.18 Å². The predicted molar refractivity (Wildman–Crippen MR) is 36.4 cm³/mol. The number of ether oxygens (including phenoxy) is 1. The molecule has 0 spiro atoms. The van der Waals surface area contributed by atoms with E-state index in [4.69, 9.17) is 0 Å². The first-order valence-corrected chi connectivity index (χ1v) is 3.25. The van der Waals surface area contributed by atoms with Gasteiger partial charge in [-0.1, -0.05) is 6.07 Å². The summed E-state index contributed by atoms with van der Waals surface area (Å²) in [6.07, 6.45) is 0. The van der Waals surface area contributed by atoms with E-state index < -0.39 is 17.6 Å². The van der Waals surface area contributed by atoms with E-state index in [-0.39, 0.29) is 11.3 Å². The van der Waals surface area contributed by atoms with Crippen LogP contribution in [0, 0.1) is 5.82 Å². The number of esters is 1. The van der Waals surface area contributed by atoms with Crippen molar-refractivity contribution in [3.05, 3.63) is 29.6 Å². The molecule has 0 bridgehead atoms. The monoisotopic (exact) mass is 166 g/mol. The summed E-state index contributed by atoms with van der Waals surface area (Å²) in [7, 11) is 0. The number of benzene rings is 1. The number of carbonyl (C=O) groups is 2. The molecule has 2 rings (SSSR count). The van der Waals surface area contributed by atoms with Gasteiger partial charge in [-0.2, -0.15) is 0 Å². The van der Waals surface area contributed by atoms with Crippen molar-refractivity contribution < 1.29 is 18.7 Å². The molecule has 1 aliphatic rings. The van der Waals surface area contributed by atoms with Gasteiger partial charge in [0.25, 0.3) is 5.78 Å². The third kappa shape index (κ3) is 0.747. The van der Waals surface area contributed by atoms with Crippen LogP contribution in [-0.4, -0.2) is 11.8 Å². The Morgan fingerprint density at radius 3 is 2.67 bits per heavy atom. The molecule has 1 heterocycles. The molecule has 0 fully saturated rings. The lowest BCUT2D eigenvalue weighted by Gasteiger charge is -1.93. The topological polar surface area (TPSA) is 43.4 Å². The summed E-state index contributed by atoms with van der Waals surface area (Å²) in [6, 6.07) is 3.86. The average molecular weight is 166 g/mol. The van der Waals surface area contributed by atoms with Crippen molar-refractivity contribution in [2.24, 2.45) is 0 Å². The Morgan fingerprint density at radius 1 is 1.25 bits per heavy atom. The maximum atomic E-state index is 12.9. The van der Waals surface area contributed by atoms with Crippen molar-refractivity contribution in [1.29, 1.82) is 0 Å². The number of hydrogen-bond acceptors (Lipinski definition) is 3. The van der Waals surface area contributed by atoms with Gasteiger partial charge in [-0.15, -0.1) is 0 Å². The zero-order chi connectivity index (χ0) is 8.72. The fraction of sp³-hybridized carbons (Fsp3) is 0. The molecule has 60 valence electrons. The number of halogens is 1. The minimum absolute atomic E-state index is 0.00463. The van der Waals surface area contributed by atoms with Crippen molar-refractivity contribution in [2.75, 3.05) is 0 Å². The zero-order valence-electron chi connectivity index (χ0n) is 5.83. The van der Waals surface area contributed by atoms with Crippen molar-refractivity contribution >= 4 is 11.8 Å². The van der Waals surface area contributed by atoms with Gasteiger partial charge in [0.1, 0.15) is 17.1 Å². The van der Waals surface area contributed by atoms with Crippen molar-refractivity contribution in [2.45, 2.75) is 0 Å².